The third kappa shape index (κ3) is 2.35. The summed E-state index contributed by atoms with van der Waals surface area (Å²) >= 11 is 0. The Hall–Kier alpha value is -3.52. The van der Waals surface area contributed by atoms with Crippen LogP contribution in [0.15, 0.2) is 97.1 Å². The van der Waals surface area contributed by atoms with Crippen LogP contribution in [0.25, 0.3) is 10.8 Å². The van der Waals surface area contributed by atoms with E-state index < -0.39 is 5.41 Å². The normalized spacial score (nSPS) is 15.0. The lowest BCUT2D eigenvalue weighted by Gasteiger charge is -2.26. The quantitative estimate of drug-likeness (QED) is 0.457. The van der Waals surface area contributed by atoms with Gasteiger partial charge in [-0.15, -0.1) is 0 Å². The van der Waals surface area contributed by atoms with Gasteiger partial charge in [-0.3, -0.25) is 9.59 Å². The average molecular weight is 362 g/mol. The monoisotopic (exact) mass is 362 g/mol. The van der Waals surface area contributed by atoms with Gasteiger partial charge >= 0.3 is 0 Å². The highest BCUT2D eigenvalue weighted by Gasteiger charge is 2.54. The van der Waals surface area contributed by atoms with Gasteiger partial charge in [-0.1, -0.05) is 84.9 Å². The molecule has 0 unspecified atom stereocenters. The van der Waals surface area contributed by atoms with Gasteiger partial charge in [0, 0.05) is 11.1 Å². The van der Waals surface area contributed by atoms with Crippen LogP contribution >= 0.6 is 0 Å². The van der Waals surface area contributed by atoms with Gasteiger partial charge in [-0.05, 0) is 40.5 Å². The van der Waals surface area contributed by atoms with Crippen LogP contribution in [0, 0.1) is 0 Å². The van der Waals surface area contributed by atoms with E-state index in [2.05, 4.69) is 0 Å². The van der Waals surface area contributed by atoms with Gasteiger partial charge < -0.3 is 0 Å². The summed E-state index contributed by atoms with van der Waals surface area (Å²) in [5.41, 5.74) is 1.59. The molecule has 0 N–H and O–H groups in total. The lowest BCUT2D eigenvalue weighted by atomic mass is 9.71. The molecule has 0 aromatic heterocycles. The molecule has 0 amide bonds. The Labute approximate surface area is 163 Å². The number of ketones is 2. The van der Waals surface area contributed by atoms with Crippen molar-refractivity contribution in [1.82, 2.24) is 0 Å². The molecule has 0 spiro atoms. The van der Waals surface area contributed by atoms with Crippen molar-refractivity contribution >= 4 is 22.3 Å². The van der Waals surface area contributed by atoms with Gasteiger partial charge in [0.25, 0.3) is 0 Å². The molecule has 4 aromatic carbocycles. The summed E-state index contributed by atoms with van der Waals surface area (Å²) in [6.07, 6.45) is 0.362. The third-order valence-corrected chi connectivity index (χ3v) is 5.73. The van der Waals surface area contributed by atoms with Crippen LogP contribution in [0.3, 0.4) is 0 Å². The van der Waals surface area contributed by atoms with E-state index in [1.54, 1.807) is 0 Å². The average Bonchev–Trinajstić information content (AvgIpc) is 2.96. The Kier molecular flexibility index (Phi) is 3.73. The minimum Gasteiger partial charge on any atom is -0.293 e. The molecule has 28 heavy (non-hydrogen) atoms. The molecule has 0 heterocycles. The Morgan fingerprint density at radius 2 is 1.04 bits per heavy atom. The van der Waals surface area contributed by atoms with Crippen LogP contribution in [-0.2, 0) is 11.8 Å². The van der Waals surface area contributed by atoms with Gasteiger partial charge in [0.1, 0.15) is 5.41 Å². The molecule has 2 heteroatoms. The predicted octanol–water partition coefficient (Wildman–Crippen LogP) is 5.40. The number of carbonyl (C=O) groups is 2. The van der Waals surface area contributed by atoms with Crippen LogP contribution < -0.4 is 0 Å². The first-order valence-electron chi connectivity index (χ1n) is 9.42. The second kappa shape index (κ2) is 6.28. The Morgan fingerprint density at radius 1 is 0.571 bits per heavy atom. The maximum atomic E-state index is 13.8. The summed E-state index contributed by atoms with van der Waals surface area (Å²) < 4.78 is 0. The van der Waals surface area contributed by atoms with E-state index in [1.165, 1.54) is 0 Å². The standard InChI is InChI=1S/C26H18O2/c27-24-22-15-19-11-7-8-12-20(19)16-23(22)25(28)26(24,21-13-5-2-6-14-21)17-18-9-3-1-4-10-18/h1-16H,17H2. The first-order chi connectivity index (χ1) is 13.7. The zero-order chi connectivity index (χ0) is 19.1. The van der Waals surface area contributed by atoms with E-state index in [4.69, 9.17) is 0 Å². The third-order valence-electron chi connectivity index (χ3n) is 5.73. The summed E-state index contributed by atoms with van der Waals surface area (Å²) in [7, 11) is 0. The number of hydrogen-bond donors (Lipinski definition) is 0. The van der Waals surface area contributed by atoms with E-state index in [0.717, 1.165) is 21.9 Å². The molecule has 1 aliphatic carbocycles. The number of rotatable bonds is 3. The topological polar surface area (TPSA) is 34.1 Å². The first kappa shape index (κ1) is 16.6. The molecule has 0 saturated carbocycles. The van der Waals surface area contributed by atoms with Crippen molar-refractivity contribution in [2.75, 3.05) is 0 Å². The summed E-state index contributed by atoms with van der Waals surface area (Å²) in [6.45, 7) is 0. The Morgan fingerprint density at radius 3 is 1.57 bits per heavy atom. The molecule has 5 rings (SSSR count). The van der Waals surface area contributed by atoms with Gasteiger partial charge in [0.2, 0.25) is 0 Å². The summed E-state index contributed by atoms with van der Waals surface area (Å²) in [6, 6.07) is 30.9. The maximum Gasteiger partial charge on any atom is 0.182 e. The molecule has 1 aliphatic rings. The van der Waals surface area contributed by atoms with Crippen molar-refractivity contribution < 1.29 is 9.59 Å². The molecular formula is C26H18O2. The summed E-state index contributed by atoms with van der Waals surface area (Å²) in [5.74, 6) is -0.207. The minimum atomic E-state index is -1.21. The summed E-state index contributed by atoms with van der Waals surface area (Å²) in [4.78, 5) is 27.5. The van der Waals surface area contributed by atoms with Crippen LogP contribution in [0.2, 0.25) is 0 Å². The van der Waals surface area contributed by atoms with Crippen LogP contribution in [0.4, 0.5) is 0 Å². The van der Waals surface area contributed by atoms with Crippen molar-refractivity contribution in [3.8, 4) is 0 Å². The van der Waals surface area contributed by atoms with Gasteiger partial charge in [0.05, 0.1) is 0 Å². The van der Waals surface area contributed by atoms with Crippen molar-refractivity contribution in [2.45, 2.75) is 11.8 Å². The largest absolute Gasteiger partial charge is 0.293 e. The fraction of sp³-hybridized carbons (Fsp3) is 0.0769. The van der Waals surface area contributed by atoms with Gasteiger partial charge in [0.15, 0.2) is 11.6 Å². The number of hydrogen-bond acceptors (Lipinski definition) is 2. The van der Waals surface area contributed by atoms with E-state index in [9.17, 15) is 9.59 Å². The second-order valence-corrected chi connectivity index (χ2v) is 7.34. The summed E-state index contributed by atoms with van der Waals surface area (Å²) in [5, 5.41) is 1.96. The first-order valence-corrected chi connectivity index (χ1v) is 9.42. The molecule has 4 aromatic rings. The van der Waals surface area contributed by atoms with Crippen LogP contribution in [-0.4, -0.2) is 11.6 Å². The lowest BCUT2D eigenvalue weighted by Crippen LogP contribution is -2.40. The van der Waals surface area contributed by atoms with E-state index >= 15 is 0 Å². The smallest absolute Gasteiger partial charge is 0.182 e. The van der Waals surface area contributed by atoms with Crippen LogP contribution in [0.1, 0.15) is 31.8 Å². The SMILES string of the molecule is O=C1c2cc3ccccc3cc2C(=O)C1(Cc1ccccc1)c1ccccc1. The zero-order valence-electron chi connectivity index (χ0n) is 15.3. The Balaban J connectivity index is 1.76. The highest BCUT2D eigenvalue weighted by molar-refractivity contribution is 6.34. The second-order valence-electron chi connectivity index (χ2n) is 7.34. The fourth-order valence-corrected chi connectivity index (χ4v) is 4.33. The van der Waals surface area contributed by atoms with Crippen molar-refractivity contribution in [3.63, 3.8) is 0 Å². The van der Waals surface area contributed by atoms with Crippen molar-refractivity contribution in [1.29, 1.82) is 0 Å². The van der Waals surface area contributed by atoms with Crippen molar-refractivity contribution in [3.05, 3.63) is 119 Å². The molecule has 0 aliphatic heterocycles. The molecule has 0 bridgehead atoms. The van der Waals surface area contributed by atoms with Crippen molar-refractivity contribution in [2.24, 2.45) is 0 Å². The van der Waals surface area contributed by atoms with Gasteiger partial charge in [-0.2, -0.15) is 0 Å². The molecular weight excluding hydrogens is 344 g/mol. The maximum absolute atomic E-state index is 13.8. The Bertz CT molecular complexity index is 1150. The number of fused-ring (bicyclic) bond motifs is 2. The molecule has 134 valence electrons. The molecule has 0 radical (unpaired) electrons. The predicted molar refractivity (Wildman–Crippen MR) is 111 cm³/mol. The molecule has 0 atom stereocenters. The number of benzene rings is 4. The highest BCUT2D eigenvalue weighted by Crippen LogP contribution is 2.43. The van der Waals surface area contributed by atoms with E-state index in [-0.39, 0.29) is 11.6 Å². The lowest BCUT2D eigenvalue weighted by molar-refractivity contribution is 0.0793. The van der Waals surface area contributed by atoms with E-state index in [0.29, 0.717) is 17.5 Å². The number of Topliss-reactive ketones (excluding diaryl/α,β-unsaturated/α-hetero) is 2. The van der Waals surface area contributed by atoms with Crippen LogP contribution in [0.5, 0.6) is 0 Å². The zero-order valence-corrected chi connectivity index (χ0v) is 15.3. The molecule has 2 nitrogen and oxygen atoms in total. The van der Waals surface area contributed by atoms with Gasteiger partial charge in [-0.25, -0.2) is 0 Å². The minimum absolute atomic E-state index is 0.103. The highest BCUT2D eigenvalue weighted by atomic mass is 16.2. The number of carbonyl (C=O) groups excluding carboxylic acids is 2. The fourth-order valence-electron chi connectivity index (χ4n) is 4.33. The van der Waals surface area contributed by atoms with E-state index in [1.807, 2.05) is 97.1 Å². The molecule has 0 saturated heterocycles. The molecule has 0 fully saturated rings.